The summed E-state index contributed by atoms with van der Waals surface area (Å²) in [4.78, 5) is 21.6. The van der Waals surface area contributed by atoms with Gasteiger partial charge in [-0.3, -0.25) is 0 Å². The molecular weight excluding hydrogens is 232 g/mol. The van der Waals surface area contributed by atoms with Gasteiger partial charge in [-0.15, -0.1) is 0 Å². The van der Waals surface area contributed by atoms with Crippen LogP contribution in [0.5, 0.6) is 0 Å². The maximum atomic E-state index is 11.8. The molecule has 0 bridgehead atoms. The van der Waals surface area contributed by atoms with Crippen molar-refractivity contribution in [1.82, 2.24) is 0 Å². The summed E-state index contributed by atoms with van der Waals surface area (Å²) in [5, 5.41) is 0. The van der Waals surface area contributed by atoms with Crippen molar-refractivity contribution in [3.05, 3.63) is 0 Å². The molecule has 4 nitrogen and oxygen atoms in total. The number of ether oxygens (including phenoxy) is 1. The molecule has 4 heteroatoms. The average molecular weight is 258 g/mol. The molecule has 0 aliphatic carbocycles. The van der Waals surface area contributed by atoms with Crippen LogP contribution in [0, 0.1) is 5.92 Å². The molecule has 1 aliphatic heterocycles. The first-order valence-electron chi connectivity index (χ1n) is 6.85. The monoisotopic (exact) mass is 258 g/mol. The lowest BCUT2D eigenvalue weighted by molar-refractivity contribution is -0.163. The molecule has 0 unspecified atom stereocenters. The molecule has 1 saturated heterocycles. The molecule has 0 aromatic rings. The number of carbonyl (C=O) groups excluding carboxylic acids is 1. The third kappa shape index (κ3) is 5.36. The SMILES string of the molecule is CC(C)CCCCCC1(C(=O)OC(C)(C)C)OO1. The summed E-state index contributed by atoms with van der Waals surface area (Å²) in [6.07, 6.45) is 5.00. The van der Waals surface area contributed by atoms with Gasteiger partial charge in [0.1, 0.15) is 5.60 Å². The van der Waals surface area contributed by atoms with E-state index in [0.29, 0.717) is 6.42 Å². The van der Waals surface area contributed by atoms with Crippen molar-refractivity contribution in [2.45, 2.75) is 78.1 Å². The predicted molar refractivity (Wildman–Crippen MR) is 68.7 cm³/mol. The first kappa shape index (κ1) is 15.4. The van der Waals surface area contributed by atoms with Gasteiger partial charge in [0.05, 0.1) is 0 Å². The van der Waals surface area contributed by atoms with Crippen LogP contribution in [-0.2, 0) is 19.3 Å². The third-order valence-electron chi connectivity index (χ3n) is 2.78. The molecule has 18 heavy (non-hydrogen) atoms. The van der Waals surface area contributed by atoms with Crippen LogP contribution in [0.3, 0.4) is 0 Å². The average Bonchev–Trinajstić information content (AvgIpc) is 2.95. The first-order valence-corrected chi connectivity index (χ1v) is 6.85. The lowest BCUT2D eigenvalue weighted by Gasteiger charge is -2.20. The Kier molecular flexibility index (Phi) is 5.17. The summed E-state index contributed by atoms with van der Waals surface area (Å²) in [7, 11) is 0. The fraction of sp³-hybridized carbons (Fsp3) is 0.929. The van der Waals surface area contributed by atoms with E-state index in [9.17, 15) is 4.79 Å². The van der Waals surface area contributed by atoms with Crippen LogP contribution >= 0.6 is 0 Å². The van der Waals surface area contributed by atoms with Gasteiger partial charge in [-0.25, -0.2) is 4.79 Å². The van der Waals surface area contributed by atoms with Crippen molar-refractivity contribution >= 4 is 5.97 Å². The molecule has 1 heterocycles. The topological polar surface area (TPSA) is 51.4 Å². The minimum Gasteiger partial charge on any atom is -0.456 e. The first-order chi connectivity index (χ1) is 8.25. The van der Waals surface area contributed by atoms with E-state index in [2.05, 4.69) is 13.8 Å². The summed E-state index contributed by atoms with van der Waals surface area (Å²) in [6.45, 7) is 9.95. The molecule has 1 fully saturated rings. The highest BCUT2D eigenvalue weighted by atomic mass is 17.4. The number of hydrogen-bond acceptors (Lipinski definition) is 4. The van der Waals surface area contributed by atoms with Crippen LogP contribution in [-0.4, -0.2) is 17.4 Å². The Morgan fingerprint density at radius 3 is 2.22 bits per heavy atom. The highest BCUT2D eigenvalue weighted by molar-refractivity contribution is 5.79. The molecule has 0 amide bonds. The Bertz CT molecular complexity index is 274. The van der Waals surface area contributed by atoms with Gasteiger partial charge in [-0.2, -0.15) is 9.78 Å². The van der Waals surface area contributed by atoms with E-state index in [1.807, 2.05) is 20.8 Å². The van der Waals surface area contributed by atoms with Crippen molar-refractivity contribution in [3.63, 3.8) is 0 Å². The highest BCUT2D eigenvalue weighted by Crippen LogP contribution is 2.37. The fourth-order valence-electron chi connectivity index (χ4n) is 1.75. The molecular formula is C14H26O4. The van der Waals surface area contributed by atoms with E-state index < -0.39 is 17.4 Å². The summed E-state index contributed by atoms with van der Waals surface area (Å²) in [6, 6.07) is 0. The third-order valence-corrected chi connectivity index (χ3v) is 2.78. The number of esters is 1. The van der Waals surface area contributed by atoms with Crippen molar-refractivity contribution < 1.29 is 19.3 Å². The molecule has 0 spiro atoms. The van der Waals surface area contributed by atoms with Crippen molar-refractivity contribution in [3.8, 4) is 0 Å². The quantitative estimate of drug-likeness (QED) is 0.303. The second kappa shape index (κ2) is 6.02. The van der Waals surface area contributed by atoms with Crippen LogP contribution in [0.2, 0.25) is 0 Å². The molecule has 106 valence electrons. The van der Waals surface area contributed by atoms with Gasteiger partial charge in [-0.05, 0) is 33.1 Å². The Hall–Kier alpha value is -0.610. The largest absolute Gasteiger partial charge is 0.456 e. The minimum atomic E-state index is -1.11. The number of rotatable bonds is 7. The molecule has 0 atom stereocenters. The fourth-order valence-corrected chi connectivity index (χ4v) is 1.75. The molecule has 1 rings (SSSR count). The van der Waals surface area contributed by atoms with Gasteiger partial charge in [0.2, 0.25) is 0 Å². The Labute approximate surface area is 110 Å². The van der Waals surface area contributed by atoms with E-state index in [0.717, 1.165) is 18.8 Å². The smallest absolute Gasteiger partial charge is 0.373 e. The van der Waals surface area contributed by atoms with Crippen molar-refractivity contribution in [2.24, 2.45) is 5.92 Å². The minimum absolute atomic E-state index is 0.404. The summed E-state index contributed by atoms with van der Waals surface area (Å²) in [5.41, 5.74) is -0.503. The van der Waals surface area contributed by atoms with Gasteiger partial charge in [-0.1, -0.05) is 33.1 Å². The molecule has 0 N–H and O–H groups in total. The van der Waals surface area contributed by atoms with E-state index in [1.165, 1.54) is 12.8 Å². The summed E-state index contributed by atoms with van der Waals surface area (Å²) < 4.78 is 5.27. The Morgan fingerprint density at radius 1 is 1.17 bits per heavy atom. The van der Waals surface area contributed by atoms with E-state index >= 15 is 0 Å². The number of hydrogen-bond donors (Lipinski definition) is 0. The zero-order valence-corrected chi connectivity index (χ0v) is 12.2. The van der Waals surface area contributed by atoms with Crippen LogP contribution in [0.1, 0.15) is 66.7 Å². The van der Waals surface area contributed by atoms with E-state index in [1.54, 1.807) is 0 Å². The predicted octanol–water partition coefficient (Wildman–Crippen LogP) is 3.59. The molecule has 1 aliphatic rings. The van der Waals surface area contributed by atoms with Gasteiger partial charge in [0, 0.05) is 6.42 Å². The number of carbonyl (C=O) groups is 1. The van der Waals surface area contributed by atoms with E-state index in [-0.39, 0.29) is 0 Å². The normalized spacial score (nSPS) is 17.9. The van der Waals surface area contributed by atoms with Crippen LogP contribution in [0.25, 0.3) is 0 Å². The molecule has 0 aromatic heterocycles. The molecule has 0 saturated carbocycles. The molecule has 0 aromatic carbocycles. The van der Waals surface area contributed by atoms with Crippen LogP contribution in [0.4, 0.5) is 0 Å². The lowest BCUT2D eigenvalue weighted by atomic mass is 10.0. The maximum Gasteiger partial charge on any atom is 0.373 e. The zero-order valence-electron chi connectivity index (χ0n) is 12.2. The van der Waals surface area contributed by atoms with Crippen LogP contribution in [0.15, 0.2) is 0 Å². The van der Waals surface area contributed by atoms with E-state index in [4.69, 9.17) is 14.5 Å². The van der Waals surface area contributed by atoms with Crippen LogP contribution < -0.4 is 0 Å². The van der Waals surface area contributed by atoms with Gasteiger partial charge in [0.15, 0.2) is 0 Å². The Morgan fingerprint density at radius 2 is 1.78 bits per heavy atom. The van der Waals surface area contributed by atoms with Gasteiger partial charge in [0.25, 0.3) is 0 Å². The number of unbranched alkanes of at least 4 members (excludes halogenated alkanes) is 2. The second-order valence-corrected chi connectivity index (χ2v) is 6.41. The maximum absolute atomic E-state index is 11.8. The lowest BCUT2D eigenvalue weighted by Crippen LogP contribution is -2.34. The zero-order chi connectivity index (χ0) is 13.8. The van der Waals surface area contributed by atoms with Crippen molar-refractivity contribution in [1.29, 1.82) is 0 Å². The standard InChI is InChI=1S/C14H26O4/c1-11(2)9-7-6-8-10-14(17-18-14)12(15)16-13(3,4)5/h11H,6-10H2,1-5H3. The van der Waals surface area contributed by atoms with Gasteiger partial charge < -0.3 is 4.74 Å². The summed E-state index contributed by atoms with van der Waals surface area (Å²) in [5.74, 6) is -0.775. The second-order valence-electron chi connectivity index (χ2n) is 6.41. The van der Waals surface area contributed by atoms with Crippen molar-refractivity contribution in [2.75, 3.05) is 0 Å². The summed E-state index contributed by atoms with van der Waals surface area (Å²) >= 11 is 0. The Balaban J connectivity index is 2.22. The van der Waals surface area contributed by atoms with Gasteiger partial charge >= 0.3 is 11.8 Å². The molecule has 0 radical (unpaired) electrons. The highest BCUT2D eigenvalue weighted by Gasteiger charge is 2.58.